The first-order valence-corrected chi connectivity index (χ1v) is 7.91. The SMILES string of the molecule is CCc1ccc(C(=O)O)cc1S(=O)(=O)NCCCNC. The quantitative estimate of drug-likeness (QED) is 0.618. The number of carboxylic acids is 1. The summed E-state index contributed by atoms with van der Waals surface area (Å²) in [5.74, 6) is -1.14. The zero-order valence-corrected chi connectivity index (χ0v) is 12.5. The van der Waals surface area contributed by atoms with Crippen LogP contribution >= 0.6 is 0 Å². The summed E-state index contributed by atoms with van der Waals surface area (Å²) in [5.41, 5.74) is 0.578. The molecule has 0 heterocycles. The van der Waals surface area contributed by atoms with E-state index in [0.29, 0.717) is 31.5 Å². The van der Waals surface area contributed by atoms with Crippen LogP contribution in [0.25, 0.3) is 0 Å². The Hall–Kier alpha value is -1.44. The van der Waals surface area contributed by atoms with Crippen molar-refractivity contribution in [3.8, 4) is 0 Å². The molecule has 0 atom stereocenters. The highest BCUT2D eigenvalue weighted by Crippen LogP contribution is 2.18. The van der Waals surface area contributed by atoms with Gasteiger partial charge in [0.15, 0.2) is 0 Å². The van der Waals surface area contributed by atoms with Gasteiger partial charge in [-0.2, -0.15) is 0 Å². The molecule has 0 saturated heterocycles. The molecular weight excluding hydrogens is 280 g/mol. The first kappa shape index (κ1) is 16.6. The van der Waals surface area contributed by atoms with Gasteiger partial charge in [0.1, 0.15) is 0 Å². The highest BCUT2D eigenvalue weighted by molar-refractivity contribution is 7.89. The van der Waals surface area contributed by atoms with Crippen molar-refractivity contribution in [3.05, 3.63) is 29.3 Å². The number of sulfonamides is 1. The molecule has 3 N–H and O–H groups in total. The predicted molar refractivity (Wildman–Crippen MR) is 76.5 cm³/mol. The number of benzene rings is 1. The van der Waals surface area contributed by atoms with E-state index in [9.17, 15) is 13.2 Å². The molecule has 1 rings (SSSR count). The predicted octanol–water partition coefficient (Wildman–Crippen LogP) is 0.835. The molecule has 0 aliphatic carbocycles. The first-order valence-electron chi connectivity index (χ1n) is 6.43. The van der Waals surface area contributed by atoms with Gasteiger partial charge in [-0.25, -0.2) is 17.9 Å². The minimum Gasteiger partial charge on any atom is -0.478 e. The summed E-state index contributed by atoms with van der Waals surface area (Å²) in [4.78, 5) is 11.0. The summed E-state index contributed by atoms with van der Waals surface area (Å²) in [6.07, 6.45) is 1.18. The van der Waals surface area contributed by atoms with Crippen molar-refractivity contribution in [1.82, 2.24) is 10.0 Å². The maximum atomic E-state index is 12.2. The number of carboxylic acid groups (broad SMARTS) is 1. The zero-order chi connectivity index (χ0) is 15.2. The summed E-state index contributed by atoms with van der Waals surface area (Å²) in [5, 5.41) is 11.9. The van der Waals surface area contributed by atoms with Crippen LogP contribution in [0.4, 0.5) is 0 Å². The second-order valence-corrected chi connectivity index (χ2v) is 6.07. The van der Waals surface area contributed by atoms with Crippen molar-refractivity contribution in [3.63, 3.8) is 0 Å². The molecule has 0 aromatic heterocycles. The zero-order valence-electron chi connectivity index (χ0n) is 11.6. The Labute approximate surface area is 119 Å². The molecule has 1 aromatic carbocycles. The fraction of sp³-hybridized carbons (Fsp3) is 0.462. The van der Waals surface area contributed by atoms with Gasteiger partial charge in [0, 0.05) is 6.54 Å². The lowest BCUT2D eigenvalue weighted by atomic mass is 10.1. The van der Waals surface area contributed by atoms with Gasteiger partial charge >= 0.3 is 5.97 Å². The van der Waals surface area contributed by atoms with Crippen molar-refractivity contribution in [1.29, 1.82) is 0 Å². The van der Waals surface area contributed by atoms with Crippen LogP contribution in [0.1, 0.15) is 29.3 Å². The maximum absolute atomic E-state index is 12.2. The van der Waals surface area contributed by atoms with Gasteiger partial charge in [-0.1, -0.05) is 13.0 Å². The first-order chi connectivity index (χ1) is 9.42. The van der Waals surface area contributed by atoms with Crippen LogP contribution in [-0.4, -0.2) is 39.6 Å². The van der Waals surface area contributed by atoms with Crippen molar-refractivity contribution >= 4 is 16.0 Å². The molecule has 7 heteroatoms. The van der Waals surface area contributed by atoms with Gasteiger partial charge in [-0.15, -0.1) is 0 Å². The normalized spacial score (nSPS) is 11.5. The second kappa shape index (κ2) is 7.37. The van der Waals surface area contributed by atoms with Crippen LogP contribution in [0.15, 0.2) is 23.1 Å². The summed E-state index contributed by atoms with van der Waals surface area (Å²) in [7, 11) is -1.89. The van der Waals surface area contributed by atoms with E-state index in [-0.39, 0.29) is 10.5 Å². The molecule has 20 heavy (non-hydrogen) atoms. The molecule has 0 spiro atoms. The van der Waals surface area contributed by atoms with E-state index in [1.807, 2.05) is 6.92 Å². The second-order valence-electron chi connectivity index (χ2n) is 4.34. The molecule has 0 unspecified atom stereocenters. The Bertz CT molecular complexity index is 570. The van der Waals surface area contributed by atoms with E-state index in [2.05, 4.69) is 10.0 Å². The molecule has 0 amide bonds. The largest absolute Gasteiger partial charge is 0.478 e. The topological polar surface area (TPSA) is 95.5 Å². The Morgan fingerprint density at radius 2 is 2.00 bits per heavy atom. The molecule has 112 valence electrons. The van der Waals surface area contributed by atoms with Crippen molar-refractivity contribution < 1.29 is 18.3 Å². The van der Waals surface area contributed by atoms with Gasteiger partial charge < -0.3 is 10.4 Å². The average molecular weight is 300 g/mol. The molecule has 0 aliphatic heterocycles. The lowest BCUT2D eigenvalue weighted by Gasteiger charge is -2.11. The summed E-state index contributed by atoms with van der Waals surface area (Å²) < 4.78 is 26.9. The third kappa shape index (κ3) is 4.29. The van der Waals surface area contributed by atoms with Crippen LogP contribution in [-0.2, 0) is 16.4 Å². The van der Waals surface area contributed by atoms with E-state index in [1.54, 1.807) is 13.1 Å². The third-order valence-electron chi connectivity index (χ3n) is 2.88. The van der Waals surface area contributed by atoms with Gasteiger partial charge in [-0.05, 0) is 44.1 Å². The fourth-order valence-corrected chi connectivity index (χ4v) is 3.19. The number of hydrogen-bond acceptors (Lipinski definition) is 4. The Morgan fingerprint density at radius 1 is 1.30 bits per heavy atom. The van der Waals surface area contributed by atoms with E-state index in [1.165, 1.54) is 12.1 Å². The molecule has 0 radical (unpaired) electrons. The highest BCUT2D eigenvalue weighted by atomic mass is 32.2. The molecule has 0 aliphatic rings. The summed E-state index contributed by atoms with van der Waals surface area (Å²) in [6.45, 7) is 2.84. The number of aromatic carboxylic acids is 1. The lowest BCUT2D eigenvalue weighted by Crippen LogP contribution is -2.27. The van der Waals surface area contributed by atoms with Gasteiger partial charge in [0.05, 0.1) is 10.5 Å². The summed E-state index contributed by atoms with van der Waals surface area (Å²) in [6, 6.07) is 4.17. The number of rotatable bonds is 8. The van der Waals surface area contributed by atoms with Crippen molar-refractivity contribution in [2.45, 2.75) is 24.7 Å². The molecule has 0 bridgehead atoms. The van der Waals surface area contributed by atoms with E-state index in [0.717, 1.165) is 0 Å². The van der Waals surface area contributed by atoms with Crippen LogP contribution in [0.2, 0.25) is 0 Å². The van der Waals surface area contributed by atoms with E-state index >= 15 is 0 Å². The highest BCUT2D eigenvalue weighted by Gasteiger charge is 2.19. The van der Waals surface area contributed by atoms with Crippen LogP contribution in [0.3, 0.4) is 0 Å². The molecule has 0 saturated carbocycles. The maximum Gasteiger partial charge on any atom is 0.335 e. The smallest absolute Gasteiger partial charge is 0.335 e. The minimum atomic E-state index is -3.68. The number of aryl methyl sites for hydroxylation is 1. The fourth-order valence-electron chi connectivity index (χ4n) is 1.78. The summed E-state index contributed by atoms with van der Waals surface area (Å²) >= 11 is 0. The number of hydrogen-bond donors (Lipinski definition) is 3. The molecule has 1 aromatic rings. The van der Waals surface area contributed by atoms with Gasteiger partial charge in [-0.3, -0.25) is 0 Å². The third-order valence-corrected chi connectivity index (χ3v) is 4.42. The van der Waals surface area contributed by atoms with Gasteiger partial charge in [0.2, 0.25) is 10.0 Å². The molecule has 6 nitrogen and oxygen atoms in total. The standard InChI is InChI=1S/C13H20N2O4S/c1-3-10-5-6-11(13(16)17)9-12(10)20(18,19)15-8-4-7-14-2/h5-6,9,14-15H,3-4,7-8H2,1-2H3,(H,16,17). The Morgan fingerprint density at radius 3 is 2.55 bits per heavy atom. The van der Waals surface area contributed by atoms with Crippen LogP contribution < -0.4 is 10.0 Å². The van der Waals surface area contributed by atoms with Crippen molar-refractivity contribution in [2.24, 2.45) is 0 Å². The Balaban J connectivity index is 3.02. The monoisotopic (exact) mass is 300 g/mol. The Kier molecular flexibility index (Phi) is 6.12. The van der Waals surface area contributed by atoms with Crippen LogP contribution in [0, 0.1) is 0 Å². The number of nitrogens with one attached hydrogen (secondary N) is 2. The minimum absolute atomic E-state index is 0.0298. The average Bonchev–Trinajstić information content (AvgIpc) is 2.42. The molecule has 0 fully saturated rings. The number of carbonyl (C=O) groups is 1. The lowest BCUT2D eigenvalue weighted by molar-refractivity contribution is 0.0696. The van der Waals surface area contributed by atoms with E-state index < -0.39 is 16.0 Å². The molecular formula is C13H20N2O4S. The van der Waals surface area contributed by atoms with Crippen molar-refractivity contribution in [2.75, 3.05) is 20.1 Å². The van der Waals surface area contributed by atoms with E-state index in [4.69, 9.17) is 5.11 Å². The van der Waals surface area contributed by atoms with Gasteiger partial charge in [0.25, 0.3) is 0 Å². The van der Waals surface area contributed by atoms with Crippen LogP contribution in [0.5, 0.6) is 0 Å².